The molecule has 25 heavy (non-hydrogen) atoms. The van der Waals surface area contributed by atoms with E-state index in [9.17, 15) is 0 Å². The summed E-state index contributed by atoms with van der Waals surface area (Å²) in [6.45, 7) is 6.39. The van der Waals surface area contributed by atoms with E-state index >= 15 is 0 Å². The van der Waals surface area contributed by atoms with Gasteiger partial charge in [-0.2, -0.15) is 5.10 Å². The Hall–Kier alpha value is -2.02. The Morgan fingerprint density at radius 2 is 1.80 bits per heavy atom. The maximum Gasteiger partial charge on any atom is 0.107 e. The molecule has 1 aromatic carbocycles. The number of nitrogens with zero attached hydrogens (tertiary/aromatic N) is 4. The average Bonchev–Trinajstić information content (AvgIpc) is 3.26. The first-order chi connectivity index (χ1) is 12.4. The van der Waals surface area contributed by atoms with Crippen LogP contribution in [0.25, 0.3) is 11.3 Å². The monoisotopic (exact) mass is 353 g/mol. The van der Waals surface area contributed by atoms with Gasteiger partial charge in [-0.3, -0.25) is 14.9 Å². The highest BCUT2D eigenvalue weighted by Crippen LogP contribution is 2.22. The first-order valence-corrected chi connectivity index (χ1v) is 9.67. The molecule has 3 heterocycles. The predicted molar refractivity (Wildman–Crippen MR) is 101 cm³/mol. The minimum Gasteiger partial charge on any atom is -0.298 e. The third-order valence-corrected chi connectivity index (χ3v) is 5.46. The maximum atomic E-state index is 4.42. The van der Waals surface area contributed by atoms with E-state index in [1.54, 1.807) is 11.3 Å². The number of rotatable bonds is 5. The lowest BCUT2D eigenvalue weighted by molar-refractivity contribution is 0.247. The van der Waals surface area contributed by atoms with Crippen molar-refractivity contribution in [2.75, 3.05) is 26.2 Å². The quantitative estimate of drug-likeness (QED) is 0.765. The number of aromatic amines is 1. The van der Waals surface area contributed by atoms with Crippen LogP contribution in [0.15, 0.2) is 48.1 Å². The van der Waals surface area contributed by atoms with Crippen molar-refractivity contribution in [2.45, 2.75) is 19.5 Å². The van der Waals surface area contributed by atoms with Gasteiger partial charge in [0.05, 0.1) is 18.4 Å². The minimum atomic E-state index is 0.950. The Kier molecular flexibility index (Phi) is 5.20. The second-order valence-corrected chi connectivity index (χ2v) is 7.45. The van der Waals surface area contributed by atoms with E-state index in [-0.39, 0.29) is 0 Å². The molecule has 0 amide bonds. The van der Waals surface area contributed by atoms with E-state index in [0.29, 0.717) is 0 Å². The highest BCUT2D eigenvalue weighted by atomic mass is 32.1. The van der Waals surface area contributed by atoms with Crippen LogP contribution >= 0.6 is 11.3 Å². The molecule has 1 aliphatic rings. The molecule has 5 nitrogen and oxygen atoms in total. The third-order valence-electron chi connectivity index (χ3n) is 4.70. The molecule has 4 rings (SSSR count). The SMILES string of the molecule is c1ccc(-c2[nH]ncc2CN2CCCN(Cc3nccs3)CC2)cc1. The van der Waals surface area contributed by atoms with Crippen molar-refractivity contribution in [1.82, 2.24) is 25.0 Å². The van der Waals surface area contributed by atoms with E-state index < -0.39 is 0 Å². The summed E-state index contributed by atoms with van der Waals surface area (Å²) in [6, 6.07) is 10.5. The molecule has 0 radical (unpaired) electrons. The number of hydrogen-bond donors (Lipinski definition) is 1. The van der Waals surface area contributed by atoms with E-state index in [1.165, 1.54) is 22.6 Å². The van der Waals surface area contributed by atoms with Crippen molar-refractivity contribution in [2.24, 2.45) is 0 Å². The number of benzene rings is 1. The van der Waals surface area contributed by atoms with Gasteiger partial charge >= 0.3 is 0 Å². The van der Waals surface area contributed by atoms with Crippen molar-refractivity contribution in [3.63, 3.8) is 0 Å². The third kappa shape index (κ3) is 4.15. The Morgan fingerprint density at radius 1 is 1.00 bits per heavy atom. The maximum absolute atomic E-state index is 4.42. The molecule has 2 aromatic heterocycles. The van der Waals surface area contributed by atoms with Crippen molar-refractivity contribution in [3.8, 4) is 11.3 Å². The Morgan fingerprint density at radius 3 is 2.56 bits per heavy atom. The standard InChI is InChI=1S/C19H23N5S/c1-2-5-16(6-3-1)19-17(13-21-22-19)14-23-8-4-9-24(11-10-23)15-18-20-7-12-25-18/h1-3,5-7,12-13H,4,8-11,14-15H2,(H,21,22). The van der Waals surface area contributed by atoms with Crippen LogP contribution in [0, 0.1) is 0 Å². The Bertz CT molecular complexity index is 768. The molecule has 0 saturated carbocycles. The number of thiazole rings is 1. The zero-order valence-electron chi connectivity index (χ0n) is 14.3. The summed E-state index contributed by atoms with van der Waals surface area (Å²) in [6.07, 6.45) is 5.07. The number of hydrogen-bond acceptors (Lipinski definition) is 5. The van der Waals surface area contributed by atoms with Gasteiger partial charge < -0.3 is 0 Å². The lowest BCUT2D eigenvalue weighted by Gasteiger charge is -2.21. The Balaban J connectivity index is 1.38. The largest absolute Gasteiger partial charge is 0.298 e. The van der Waals surface area contributed by atoms with Gasteiger partial charge in [-0.15, -0.1) is 11.3 Å². The van der Waals surface area contributed by atoms with Crippen molar-refractivity contribution >= 4 is 11.3 Å². The second-order valence-electron chi connectivity index (χ2n) is 6.47. The normalized spacial score (nSPS) is 16.8. The van der Waals surface area contributed by atoms with E-state index in [1.807, 2.05) is 18.5 Å². The summed E-state index contributed by atoms with van der Waals surface area (Å²) in [5.41, 5.74) is 3.62. The number of aromatic nitrogens is 3. The van der Waals surface area contributed by atoms with Crippen LogP contribution in [0.5, 0.6) is 0 Å². The molecule has 1 fully saturated rings. The van der Waals surface area contributed by atoms with Crippen LogP contribution in [-0.4, -0.2) is 51.2 Å². The molecule has 0 unspecified atom stereocenters. The van der Waals surface area contributed by atoms with Crippen LogP contribution < -0.4 is 0 Å². The smallest absolute Gasteiger partial charge is 0.107 e. The molecule has 1 N–H and O–H groups in total. The van der Waals surface area contributed by atoms with Crippen LogP contribution in [0.1, 0.15) is 17.0 Å². The first kappa shape index (κ1) is 16.4. The lowest BCUT2D eigenvalue weighted by Crippen LogP contribution is -2.30. The van der Waals surface area contributed by atoms with Crippen molar-refractivity contribution in [3.05, 3.63) is 58.7 Å². The Labute approximate surface area is 152 Å². The molecule has 1 aliphatic heterocycles. The highest BCUT2D eigenvalue weighted by Gasteiger charge is 2.18. The summed E-state index contributed by atoms with van der Waals surface area (Å²) in [5, 5.41) is 10.7. The molecular formula is C19H23N5S. The first-order valence-electron chi connectivity index (χ1n) is 8.79. The van der Waals surface area contributed by atoms with Crippen LogP contribution in [0.3, 0.4) is 0 Å². The predicted octanol–water partition coefficient (Wildman–Crippen LogP) is 3.24. The average molecular weight is 353 g/mol. The summed E-state index contributed by atoms with van der Waals surface area (Å²) >= 11 is 1.75. The van der Waals surface area contributed by atoms with Crippen LogP contribution in [0.2, 0.25) is 0 Å². The minimum absolute atomic E-state index is 0.950. The number of nitrogens with one attached hydrogen (secondary N) is 1. The molecule has 0 spiro atoms. The van der Waals surface area contributed by atoms with Gasteiger partial charge in [-0.05, 0) is 25.1 Å². The highest BCUT2D eigenvalue weighted by molar-refractivity contribution is 7.09. The fourth-order valence-electron chi connectivity index (χ4n) is 3.39. The topological polar surface area (TPSA) is 48.1 Å². The zero-order chi connectivity index (χ0) is 16.9. The molecule has 0 bridgehead atoms. The van der Waals surface area contributed by atoms with Gasteiger partial charge in [0.1, 0.15) is 5.01 Å². The van der Waals surface area contributed by atoms with E-state index in [2.05, 4.69) is 54.6 Å². The molecule has 0 aliphatic carbocycles. The zero-order valence-corrected chi connectivity index (χ0v) is 15.1. The van der Waals surface area contributed by atoms with Gasteiger partial charge in [0.2, 0.25) is 0 Å². The van der Waals surface area contributed by atoms with Gasteiger partial charge in [0, 0.05) is 36.8 Å². The van der Waals surface area contributed by atoms with Crippen molar-refractivity contribution < 1.29 is 0 Å². The molecular weight excluding hydrogens is 330 g/mol. The number of H-pyrrole nitrogens is 1. The van der Waals surface area contributed by atoms with Gasteiger partial charge in [-0.25, -0.2) is 4.98 Å². The molecule has 6 heteroatoms. The fraction of sp³-hybridized carbons (Fsp3) is 0.368. The summed E-state index contributed by atoms with van der Waals surface area (Å²) < 4.78 is 0. The second kappa shape index (κ2) is 7.91. The summed E-state index contributed by atoms with van der Waals surface area (Å²) in [5.74, 6) is 0. The van der Waals surface area contributed by atoms with Gasteiger partial charge in [0.25, 0.3) is 0 Å². The lowest BCUT2D eigenvalue weighted by atomic mass is 10.1. The van der Waals surface area contributed by atoms with Crippen molar-refractivity contribution in [1.29, 1.82) is 0 Å². The van der Waals surface area contributed by atoms with Crippen LogP contribution in [0.4, 0.5) is 0 Å². The molecule has 3 aromatic rings. The molecule has 1 saturated heterocycles. The van der Waals surface area contributed by atoms with Gasteiger partial charge in [-0.1, -0.05) is 30.3 Å². The van der Waals surface area contributed by atoms with E-state index in [4.69, 9.17) is 0 Å². The van der Waals surface area contributed by atoms with E-state index in [0.717, 1.165) is 45.0 Å². The van der Waals surface area contributed by atoms with Crippen LogP contribution in [-0.2, 0) is 13.1 Å². The molecule has 130 valence electrons. The molecule has 0 atom stereocenters. The summed E-state index contributed by atoms with van der Waals surface area (Å²) in [7, 11) is 0. The fourth-order valence-corrected chi connectivity index (χ4v) is 4.05. The summed E-state index contributed by atoms with van der Waals surface area (Å²) in [4.78, 5) is 9.48. The van der Waals surface area contributed by atoms with Gasteiger partial charge in [0.15, 0.2) is 0 Å².